The zero-order valence-corrected chi connectivity index (χ0v) is 17.9. The first-order chi connectivity index (χ1) is 14.4. The van der Waals surface area contributed by atoms with Crippen LogP contribution < -0.4 is 5.56 Å². The second-order valence-corrected chi connectivity index (χ2v) is 8.23. The number of fused-ring (bicyclic) bond motifs is 1. The Labute approximate surface area is 177 Å². The van der Waals surface area contributed by atoms with Crippen LogP contribution in [0.5, 0.6) is 0 Å². The first-order valence-corrected chi connectivity index (χ1v) is 10.7. The quantitative estimate of drug-likeness (QED) is 0.471. The molecule has 30 heavy (non-hydrogen) atoms. The molecule has 0 fully saturated rings. The monoisotopic (exact) mass is 422 g/mol. The van der Waals surface area contributed by atoms with Gasteiger partial charge in [-0.05, 0) is 49.1 Å². The summed E-state index contributed by atoms with van der Waals surface area (Å²) in [4.78, 5) is 30.2. The number of carboxylic acid groups (broad SMARTS) is 1. The molecule has 6 nitrogen and oxygen atoms in total. The Kier molecular flexibility index (Phi) is 5.30. The van der Waals surface area contributed by atoms with Gasteiger partial charge >= 0.3 is 5.97 Å². The maximum atomic E-state index is 13.5. The summed E-state index contributed by atoms with van der Waals surface area (Å²) in [6.07, 6.45) is 1.49. The van der Waals surface area contributed by atoms with Gasteiger partial charge in [-0.25, -0.2) is 9.78 Å². The molecule has 4 aromatic rings. The molecule has 0 spiro atoms. The fourth-order valence-corrected chi connectivity index (χ4v) is 4.46. The SMILES string of the molecule is CCCc1nc2scc(-c3ccc(C)c(C)c3)c2c(=O)n1Cc1ccc(C(=O)O)o1. The minimum absolute atomic E-state index is 0.133. The van der Waals surface area contributed by atoms with Crippen molar-refractivity contribution in [3.05, 3.63) is 74.5 Å². The molecule has 0 saturated heterocycles. The molecule has 0 bridgehead atoms. The molecule has 0 atom stereocenters. The van der Waals surface area contributed by atoms with Crippen molar-refractivity contribution in [1.82, 2.24) is 9.55 Å². The van der Waals surface area contributed by atoms with E-state index in [0.717, 1.165) is 22.4 Å². The number of hydrogen-bond acceptors (Lipinski definition) is 5. The third-order valence-corrected chi connectivity index (χ3v) is 6.12. The molecule has 4 rings (SSSR count). The van der Waals surface area contributed by atoms with E-state index in [1.807, 2.05) is 18.4 Å². The molecule has 0 unspecified atom stereocenters. The summed E-state index contributed by atoms with van der Waals surface area (Å²) in [7, 11) is 0. The second kappa shape index (κ2) is 7.91. The predicted octanol–water partition coefficient (Wildman–Crippen LogP) is 5.03. The summed E-state index contributed by atoms with van der Waals surface area (Å²) in [5.74, 6) is -0.186. The van der Waals surface area contributed by atoms with Gasteiger partial charge in [0.15, 0.2) is 0 Å². The van der Waals surface area contributed by atoms with Gasteiger partial charge in [0.05, 0.1) is 11.9 Å². The van der Waals surface area contributed by atoms with Crippen LogP contribution in [0.3, 0.4) is 0 Å². The van der Waals surface area contributed by atoms with Crippen LogP contribution in [-0.4, -0.2) is 20.6 Å². The van der Waals surface area contributed by atoms with Crippen LogP contribution in [0.15, 0.2) is 44.9 Å². The average molecular weight is 423 g/mol. The number of carbonyl (C=O) groups is 1. The molecule has 1 N–H and O–H groups in total. The van der Waals surface area contributed by atoms with Crippen molar-refractivity contribution in [1.29, 1.82) is 0 Å². The fourth-order valence-electron chi connectivity index (χ4n) is 3.50. The van der Waals surface area contributed by atoms with E-state index in [4.69, 9.17) is 14.5 Å². The lowest BCUT2D eigenvalue weighted by Crippen LogP contribution is -2.25. The summed E-state index contributed by atoms with van der Waals surface area (Å²) in [6, 6.07) is 9.17. The van der Waals surface area contributed by atoms with Gasteiger partial charge in [0.25, 0.3) is 5.56 Å². The third kappa shape index (κ3) is 3.57. The summed E-state index contributed by atoms with van der Waals surface area (Å²) in [5.41, 5.74) is 4.10. The maximum Gasteiger partial charge on any atom is 0.371 e. The van der Waals surface area contributed by atoms with Crippen LogP contribution in [0, 0.1) is 13.8 Å². The maximum absolute atomic E-state index is 13.5. The summed E-state index contributed by atoms with van der Waals surface area (Å²) in [6.45, 7) is 6.29. The first kappa shape index (κ1) is 20.1. The van der Waals surface area contributed by atoms with Crippen molar-refractivity contribution in [2.45, 2.75) is 40.2 Å². The number of benzene rings is 1. The van der Waals surface area contributed by atoms with Gasteiger partial charge in [-0.2, -0.15) is 0 Å². The van der Waals surface area contributed by atoms with Crippen LogP contribution in [0.1, 0.15) is 46.6 Å². The molecule has 7 heteroatoms. The van der Waals surface area contributed by atoms with E-state index < -0.39 is 5.97 Å². The van der Waals surface area contributed by atoms with E-state index in [2.05, 4.69) is 26.0 Å². The predicted molar refractivity (Wildman–Crippen MR) is 118 cm³/mol. The van der Waals surface area contributed by atoms with Crippen molar-refractivity contribution < 1.29 is 14.3 Å². The number of aromatic carboxylic acids is 1. The molecular weight excluding hydrogens is 400 g/mol. The highest BCUT2D eigenvalue weighted by atomic mass is 32.1. The van der Waals surface area contributed by atoms with Gasteiger partial charge in [-0.15, -0.1) is 11.3 Å². The highest BCUT2D eigenvalue weighted by Gasteiger charge is 2.19. The average Bonchev–Trinajstić information content (AvgIpc) is 3.34. The normalized spacial score (nSPS) is 11.3. The number of carboxylic acids is 1. The van der Waals surface area contributed by atoms with Crippen LogP contribution in [-0.2, 0) is 13.0 Å². The van der Waals surface area contributed by atoms with Gasteiger partial charge in [-0.3, -0.25) is 9.36 Å². The smallest absolute Gasteiger partial charge is 0.371 e. The van der Waals surface area contributed by atoms with Gasteiger partial charge < -0.3 is 9.52 Å². The zero-order chi connectivity index (χ0) is 21.4. The molecule has 0 amide bonds. The Morgan fingerprint density at radius 3 is 2.67 bits per heavy atom. The molecule has 3 heterocycles. The number of aryl methyl sites for hydroxylation is 3. The highest BCUT2D eigenvalue weighted by molar-refractivity contribution is 7.17. The van der Waals surface area contributed by atoms with E-state index in [0.29, 0.717) is 23.4 Å². The van der Waals surface area contributed by atoms with E-state index in [1.165, 1.54) is 28.5 Å². The number of hydrogen-bond donors (Lipinski definition) is 1. The van der Waals surface area contributed by atoms with E-state index in [9.17, 15) is 9.59 Å². The molecule has 0 radical (unpaired) electrons. The van der Waals surface area contributed by atoms with E-state index in [1.54, 1.807) is 10.6 Å². The molecule has 0 aliphatic carbocycles. The lowest BCUT2D eigenvalue weighted by Gasteiger charge is -2.11. The Balaban J connectivity index is 1.88. The van der Waals surface area contributed by atoms with E-state index >= 15 is 0 Å². The lowest BCUT2D eigenvalue weighted by atomic mass is 10.0. The Bertz CT molecular complexity index is 1310. The highest BCUT2D eigenvalue weighted by Crippen LogP contribution is 2.32. The van der Waals surface area contributed by atoms with Crippen LogP contribution in [0.25, 0.3) is 21.3 Å². The van der Waals surface area contributed by atoms with Crippen molar-refractivity contribution >= 4 is 27.5 Å². The molecule has 0 aliphatic heterocycles. The van der Waals surface area contributed by atoms with Gasteiger partial charge in [0.2, 0.25) is 5.76 Å². The molecule has 0 saturated carbocycles. The molecule has 1 aromatic carbocycles. The minimum Gasteiger partial charge on any atom is -0.475 e. The largest absolute Gasteiger partial charge is 0.475 e. The Morgan fingerprint density at radius 1 is 1.20 bits per heavy atom. The fraction of sp³-hybridized carbons (Fsp3) is 0.261. The molecule has 3 aromatic heterocycles. The third-order valence-electron chi connectivity index (χ3n) is 5.25. The minimum atomic E-state index is -1.13. The van der Waals surface area contributed by atoms with Crippen LogP contribution in [0.2, 0.25) is 0 Å². The van der Waals surface area contributed by atoms with Crippen molar-refractivity contribution in [2.75, 3.05) is 0 Å². The molecular formula is C23H22N2O4S. The standard InChI is InChI=1S/C23H22N2O4S/c1-4-5-19-24-21-20(17(12-30-21)15-7-6-13(2)14(3)10-15)22(26)25(19)11-16-8-9-18(29-16)23(27)28/h6-10,12H,4-5,11H2,1-3H3,(H,27,28). The summed E-state index contributed by atoms with van der Waals surface area (Å²) in [5, 5.41) is 11.7. The second-order valence-electron chi connectivity index (χ2n) is 7.37. The van der Waals surface area contributed by atoms with Crippen molar-refractivity contribution in [3.63, 3.8) is 0 Å². The van der Waals surface area contributed by atoms with Gasteiger partial charge in [0.1, 0.15) is 16.4 Å². The Morgan fingerprint density at radius 2 is 2.00 bits per heavy atom. The number of furan rings is 1. The van der Waals surface area contributed by atoms with Crippen molar-refractivity contribution in [2.24, 2.45) is 0 Å². The van der Waals surface area contributed by atoms with Crippen molar-refractivity contribution in [3.8, 4) is 11.1 Å². The van der Waals surface area contributed by atoms with Crippen LogP contribution >= 0.6 is 11.3 Å². The summed E-state index contributed by atoms with van der Waals surface area (Å²) >= 11 is 1.47. The van der Waals surface area contributed by atoms with Crippen LogP contribution in [0.4, 0.5) is 0 Å². The van der Waals surface area contributed by atoms with E-state index in [-0.39, 0.29) is 17.9 Å². The lowest BCUT2D eigenvalue weighted by molar-refractivity contribution is 0.0660. The molecule has 154 valence electrons. The first-order valence-electron chi connectivity index (χ1n) is 9.79. The number of nitrogens with zero attached hydrogens (tertiary/aromatic N) is 2. The van der Waals surface area contributed by atoms with Gasteiger partial charge in [-0.1, -0.05) is 25.1 Å². The zero-order valence-electron chi connectivity index (χ0n) is 17.1. The number of rotatable bonds is 6. The van der Waals surface area contributed by atoms with Gasteiger partial charge in [0, 0.05) is 17.4 Å². The molecule has 0 aliphatic rings. The number of thiophene rings is 1. The topological polar surface area (TPSA) is 85.3 Å². The summed E-state index contributed by atoms with van der Waals surface area (Å²) < 4.78 is 6.99. The number of aromatic nitrogens is 2. The Hall–Kier alpha value is -3.19.